The van der Waals surface area contributed by atoms with E-state index in [-0.39, 0.29) is 0 Å². The molecule has 0 radical (unpaired) electrons. The van der Waals surface area contributed by atoms with Crippen LogP contribution >= 0.6 is 0 Å². The molecule has 0 aromatic rings. The molecule has 0 aromatic carbocycles. The zero-order valence-corrected chi connectivity index (χ0v) is 10.5. The third-order valence-corrected chi connectivity index (χ3v) is 2.61. The van der Waals surface area contributed by atoms with Gasteiger partial charge in [0.1, 0.15) is 0 Å². The van der Waals surface area contributed by atoms with E-state index in [1.54, 1.807) is 7.11 Å². The Labute approximate surface area is 89.4 Å². The Bertz CT molecular complexity index is 134. The van der Waals surface area contributed by atoms with Gasteiger partial charge in [-0.15, -0.1) is 0 Å². The molecule has 0 rings (SSSR count). The quantitative estimate of drug-likeness (QED) is 0.610. The molecular formula is C12H27NO. The van der Waals surface area contributed by atoms with E-state index < -0.39 is 0 Å². The molecule has 0 bridgehead atoms. The van der Waals surface area contributed by atoms with Crippen molar-refractivity contribution < 1.29 is 4.74 Å². The third-order valence-electron chi connectivity index (χ3n) is 2.61. The van der Waals surface area contributed by atoms with Gasteiger partial charge in [0, 0.05) is 19.8 Å². The van der Waals surface area contributed by atoms with Crippen molar-refractivity contribution in [2.75, 3.05) is 20.3 Å². The number of hydrogen-bond donors (Lipinski definition) is 1. The minimum Gasteiger partial charge on any atom is -0.385 e. The number of nitrogens with one attached hydrogen (secondary N) is 1. The Morgan fingerprint density at radius 2 is 2.00 bits per heavy atom. The molecule has 0 fully saturated rings. The van der Waals surface area contributed by atoms with Crippen molar-refractivity contribution in [3.8, 4) is 0 Å². The summed E-state index contributed by atoms with van der Waals surface area (Å²) in [5, 5.41) is 3.46. The van der Waals surface area contributed by atoms with Crippen LogP contribution in [0.3, 0.4) is 0 Å². The van der Waals surface area contributed by atoms with E-state index in [0.717, 1.165) is 13.2 Å². The van der Waals surface area contributed by atoms with Crippen molar-refractivity contribution in [2.45, 2.75) is 53.0 Å². The van der Waals surface area contributed by atoms with Gasteiger partial charge in [0.2, 0.25) is 0 Å². The number of rotatable bonds is 8. The smallest absolute Gasteiger partial charge is 0.0462 e. The molecule has 86 valence electrons. The van der Waals surface area contributed by atoms with Gasteiger partial charge in [-0.2, -0.15) is 0 Å². The SMILES string of the molecule is CCNC(C)CC(C)(C)CCCOC. The summed E-state index contributed by atoms with van der Waals surface area (Å²) >= 11 is 0. The predicted molar refractivity (Wildman–Crippen MR) is 62.6 cm³/mol. The lowest BCUT2D eigenvalue weighted by Crippen LogP contribution is -2.31. The normalized spacial score (nSPS) is 14.4. The molecule has 0 spiro atoms. The van der Waals surface area contributed by atoms with Crippen LogP contribution in [0.4, 0.5) is 0 Å². The summed E-state index contributed by atoms with van der Waals surface area (Å²) < 4.78 is 5.07. The highest BCUT2D eigenvalue weighted by Gasteiger charge is 2.19. The van der Waals surface area contributed by atoms with Crippen molar-refractivity contribution in [1.82, 2.24) is 5.32 Å². The fourth-order valence-electron chi connectivity index (χ4n) is 2.05. The highest BCUT2D eigenvalue weighted by atomic mass is 16.5. The summed E-state index contributed by atoms with van der Waals surface area (Å²) in [5.74, 6) is 0. The van der Waals surface area contributed by atoms with Crippen LogP contribution < -0.4 is 5.32 Å². The standard InChI is InChI=1S/C12H27NO/c1-6-13-11(2)10-12(3,4)8-7-9-14-5/h11,13H,6-10H2,1-5H3. The second-order valence-electron chi connectivity index (χ2n) is 4.92. The fourth-order valence-corrected chi connectivity index (χ4v) is 2.05. The van der Waals surface area contributed by atoms with E-state index >= 15 is 0 Å². The molecule has 0 saturated carbocycles. The van der Waals surface area contributed by atoms with E-state index in [2.05, 4.69) is 33.0 Å². The Kier molecular flexibility index (Phi) is 7.20. The largest absolute Gasteiger partial charge is 0.385 e. The van der Waals surface area contributed by atoms with Crippen molar-refractivity contribution >= 4 is 0 Å². The summed E-state index contributed by atoms with van der Waals surface area (Å²) in [4.78, 5) is 0. The van der Waals surface area contributed by atoms with E-state index in [9.17, 15) is 0 Å². The molecule has 0 aliphatic rings. The Morgan fingerprint density at radius 3 is 2.50 bits per heavy atom. The average Bonchev–Trinajstić information content (AvgIpc) is 2.03. The van der Waals surface area contributed by atoms with Crippen molar-refractivity contribution in [2.24, 2.45) is 5.41 Å². The first kappa shape index (κ1) is 13.9. The summed E-state index contributed by atoms with van der Waals surface area (Å²) in [6, 6.07) is 0.623. The van der Waals surface area contributed by atoms with Gasteiger partial charge < -0.3 is 10.1 Å². The van der Waals surface area contributed by atoms with Gasteiger partial charge in [-0.1, -0.05) is 20.8 Å². The molecule has 14 heavy (non-hydrogen) atoms. The first-order chi connectivity index (χ1) is 6.52. The molecule has 2 nitrogen and oxygen atoms in total. The average molecular weight is 201 g/mol. The first-order valence-electron chi connectivity index (χ1n) is 5.74. The van der Waals surface area contributed by atoms with Gasteiger partial charge in [0.25, 0.3) is 0 Å². The third kappa shape index (κ3) is 7.34. The van der Waals surface area contributed by atoms with Crippen LogP contribution in [0.5, 0.6) is 0 Å². The molecule has 0 heterocycles. The molecule has 0 aromatic heterocycles. The summed E-state index contributed by atoms with van der Waals surface area (Å²) in [7, 11) is 1.77. The molecule has 0 amide bonds. The predicted octanol–water partition coefficient (Wildman–Crippen LogP) is 2.83. The van der Waals surface area contributed by atoms with Crippen LogP contribution in [0.1, 0.15) is 47.0 Å². The van der Waals surface area contributed by atoms with Gasteiger partial charge in [-0.3, -0.25) is 0 Å². The Morgan fingerprint density at radius 1 is 1.36 bits per heavy atom. The molecule has 1 unspecified atom stereocenters. The molecular weight excluding hydrogens is 174 g/mol. The van der Waals surface area contributed by atoms with E-state index in [4.69, 9.17) is 4.74 Å². The van der Waals surface area contributed by atoms with Crippen molar-refractivity contribution in [3.05, 3.63) is 0 Å². The van der Waals surface area contributed by atoms with Crippen molar-refractivity contribution in [1.29, 1.82) is 0 Å². The van der Waals surface area contributed by atoms with E-state index in [1.165, 1.54) is 19.3 Å². The lowest BCUT2D eigenvalue weighted by molar-refractivity contribution is 0.168. The number of hydrogen-bond acceptors (Lipinski definition) is 2. The molecule has 0 aliphatic heterocycles. The Balaban J connectivity index is 3.69. The maximum Gasteiger partial charge on any atom is 0.0462 e. The van der Waals surface area contributed by atoms with Gasteiger partial charge in [0.15, 0.2) is 0 Å². The monoisotopic (exact) mass is 201 g/mol. The topological polar surface area (TPSA) is 21.3 Å². The summed E-state index contributed by atoms with van der Waals surface area (Å²) in [6.45, 7) is 11.1. The van der Waals surface area contributed by atoms with Crippen LogP contribution in [0.15, 0.2) is 0 Å². The minimum absolute atomic E-state index is 0.431. The lowest BCUT2D eigenvalue weighted by atomic mass is 9.82. The second kappa shape index (κ2) is 7.24. The van der Waals surface area contributed by atoms with Crippen LogP contribution in [0, 0.1) is 5.41 Å². The highest BCUT2D eigenvalue weighted by Crippen LogP contribution is 2.28. The number of methoxy groups -OCH3 is 1. The maximum absolute atomic E-state index is 5.07. The van der Waals surface area contributed by atoms with Gasteiger partial charge in [-0.05, 0) is 38.1 Å². The maximum atomic E-state index is 5.07. The highest BCUT2D eigenvalue weighted by molar-refractivity contribution is 4.74. The van der Waals surface area contributed by atoms with Crippen LogP contribution in [-0.4, -0.2) is 26.3 Å². The van der Waals surface area contributed by atoms with Crippen LogP contribution in [0.25, 0.3) is 0 Å². The fraction of sp³-hybridized carbons (Fsp3) is 1.00. The van der Waals surface area contributed by atoms with Gasteiger partial charge in [0.05, 0.1) is 0 Å². The molecule has 0 aliphatic carbocycles. The van der Waals surface area contributed by atoms with Crippen molar-refractivity contribution in [3.63, 3.8) is 0 Å². The molecule has 2 heteroatoms. The minimum atomic E-state index is 0.431. The van der Waals surface area contributed by atoms with Crippen LogP contribution in [-0.2, 0) is 4.74 Å². The molecule has 0 saturated heterocycles. The van der Waals surface area contributed by atoms with Crippen LogP contribution in [0.2, 0.25) is 0 Å². The summed E-state index contributed by atoms with van der Waals surface area (Å²) in [6.07, 6.45) is 3.66. The van der Waals surface area contributed by atoms with E-state index in [1.807, 2.05) is 0 Å². The molecule has 1 atom stereocenters. The number of ether oxygens (including phenoxy) is 1. The lowest BCUT2D eigenvalue weighted by Gasteiger charge is -2.28. The zero-order valence-electron chi connectivity index (χ0n) is 10.5. The van der Waals surface area contributed by atoms with Gasteiger partial charge in [-0.25, -0.2) is 0 Å². The van der Waals surface area contributed by atoms with E-state index in [0.29, 0.717) is 11.5 Å². The Hall–Kier alpha value is -0.0800. The summed E-state index contributed by atoms with van der Waals surface area (Å²) in [5.41, 5.74) is 0.431. The molecule has 1 N–H and O–H groups in total. The van der Waals surface area contributed by atoms with Gasteiger partial charge >= 0.3 is 0 Å². The second-order valence-corrected chi connectivity index (χ2v) is 4.92. The zero-order chi connectivity index (χ0) is 11.0. The first-order valence-corrected chi connectivity index (χ1v) is 5.74.